The molecule has 6 rings (SSSR count). The van der Waals surface area contributed by atoms with Gasteiger partial charge in [0.2, 0.25) is 11.8 Å². The van der Waals surface area contributed by atoms with E-state index in [4.69, 9.17) is 12.2 Å². The second-order valence-corrected chi connectivity index (χ2v) is 11.1. The Hall–Kier alpha value is -5.33. The molecule has 2 fully saturated rings. The molecule has 0 spiro atoms. The van der Waals surface area contributed by atoms with E-state index in [1.165, 1.54) is 5.01 Å². The zero-order chi connectivity index (χ0) is 30.6. The molecule has 9 heteroatoms. The molecule has 4 amide bonds. The number of nitrogens with two attached hydrogens (primary N) is 1. The van der Waals surface area contributed by atoms with E-state index in [1.54, 1.807) is 26.9 Å². The van der Waals surface area contributed by atoms with Crippen LogP contribution in [0.15, 0.2) is 97.1 Å². The molecule has 0 saturated carbocycles. The molecule has 9 nitrogen and oxygen atoms in total. The smallest absolute Gasteiger partial charge is 0.333 e. The third kappa shape index (κ3) is 5.80. The highest BCUT2D eigenvalue weighted by Crippen LogP contribution is 2.31. The number of urea groups is 1. The lowest BCUT2D eigenvalue weighted by Crippen LogP contribution is -2.66. The summed E-state index contributed by atoms with van der Waals surface area (Å²) in [5, 5.41) is 8.21. The van der Waals surface area contributed by atoms with E-state index in [-0.39, 0.29) is 31.4 Å². The largest absolute Gasteiger partial charge is 0.399 e. The summed E-state index contributed by atoms with van der Waals surface area (Å²) in [7, 11) is 0. The first-order valence-electron chi connectivity index (χ1n) is 14.6. The Morgan fingerprint density at radius 1 is 0.932 bits per heavy atom. The first kappa shape index (κ1) is 28.8. The maximum Gasteiger partial charge on any atom is 0.333 e. The molecule has 0 aliphatic carbocycles. The highest BCUT2D eigenvalue weighted by Gasteiger charge is 2.52. The zero-order valence-corrected chi connectivity index (χ0v) is 24.3. The summed E-state index contributed by atoms with van der Waals surface area (Å²) < 4.78 is 0. The highest BCUT2D eigenvalue weighted by atomic mass is 16.2. The van der Waals surface area contributed by atoms with Crippen molar-refractivity contribution in [1.82, 2.24) is 25.1 Å². The van der Waals surface area contributed by atoms with E-state index in [9.17, 15) is 14.4 Å². The molecular weight excluding hydrogens is 552 g/mol. The number of piperazine rings is 1. The van der Waals surface area contributed by atoms with Gasteiger partial charge in [-0.25, -0.2) is 9.80 Å². The molecule has 0 radical (unpaired) electrons. The van der Waals surface area contributed by atoms with Crippen LogP contribution in [0.3, 0.4) is 0 Å². The molecule has 0 aromatic heterocycles. The van der Waals surface area contributed by atoms with Gasteiger partial charge in [-0.05, 0) is 39.6 Å². The first-order chi connectivity index (χ1) is 21.4. The van der Waals surface area contributed by atoms with Crippen molar-refractivity contribution in [3.8, 4) is 12.3 Å². The van der Waals surface area contributed by atoms with Gasteiger partial charge in [-0.1, -0.05) is 90.8 Å². The molecular formula is C35H34N6O3. The number of nitrogen functional groups attached to an aromatic ring is 1. The van der Waals surface area contributed by atoms with Crippen LogP contribution in [0, 0.1) is 12.3 Å². The van der Waals surface area contributed by atoms with Crippen LogP contribution in [-0.4, -0.2) is 69.5 Å². The minimum Gasteiger partial charge on any atom is -0.399 e. The number of fused-ring (bicyclic) bond motifs is 2. The van der Waals surface area contributed by atoms with E-state index in [1.807, 2.05) is 84.9 Å². The van der Waals surface area contributed by atoms with Gasteiger partial charge in [-0.15, -0.1) is 6.42 Å². The van der Waals surface area contributed by atoms with Crippen LogP contribution in [0.5, 0.6) is 0 Å². The quantitative estimate of drug-likeness (QED) is 0.243. The second kappa shape index (κ2) is 12.5. The Kier molecular flexibility index (Phi) is 8.17. The standard InChI is InChI=1S/C35H34N6O3/c1-2-19-39(35(44)37-21-26-9-4-3-5-10-26)40-24-33(42)41-31(20-25-15-17-29(36)18-16-25)34(43)38(23-32(40)41)22-28-13-8-12-27-11-6-7-14-30(27)28/h1,3-18,31-32H,19-24,36H2,(H,37,44)/t31-,32+/m0/s1. The van der Waals surface area contributed by atoms with Crippen LogP contribution < -0.4 is 11.1 Å². The lowest BCUT2D eigenvalue weighted by atomic mass is 9.99. The minimum atomic E-state index is -0.759. The maximum absolute atomic E-state index is 14.2. The molecule has 2 aliphatic heterocycles. The molecule has 4 aromatic rings. The molecule has 2 heterocycles. The van der Waals surface area contributed by atoms with Crippen LogP contribution in [-0.2, 0) is 29.1 Å². The number of nitrogens with one attached hydrogen (secondary N) is 1. The van der Waals surface area contributed by atoms with Crippen LogP contribution in [0.4, 0.5) is 10.5 Å². The number of amides is 4. The van der Waals surface area contributed by atoms with Crippen molar-refractivity contribution in [2.75, 3.05) is 25.4 Å². The number of hydrazine groups is 1. The van der Waals surface area contributed by atoms with Gasteiger partial charge in [0.25, 0.3) is 0 Å². The molecule has 44 heavy (non-hydrogen) atoms. The number of nitrogens with zero attached hydrogens (tertiary/aromatic N) is 4. The van der Waals surface area contributed by atoms with Gasteiger partial charge in [-0.2, -0.15) is 5.01 Å². The van der Waals surface area contributed by atoms with Gasteiger partial charge in [0.05, 0.1) is 19.6 Å². The van der Waals surface area contributed by atoms with Crippen LogP contribution in [0.25, 0.3) is 10.8 Å². The second-order valence-electron chi connectivity index (χ2n) is 11.1. The Labute approximate surface area is 256 Å². The van der Waals surface area contributed by atoms with Crippen LogP contribution >= 0.6 is 0 Å². The van der Waals surface area contributed by atoms with Crippen LogP contribution in [0.2, 0.25) is 0 Å². The maximum atomic E-state index is 14.2. The fourth-order valence-electron chi connectivity index (χ4n) is 6.13. The lowest BCUT2D eigenvalue weighted by Gasteiger charge is -2.46. The van der Waals surface area contributed by atoms with E-state index in [0.717, 1.165) is 27.5 Å². The van der Waals surface area contributed by atoms with E-state index >= 15 is 0 Å². The normalized spacial score (nSPS) is 18.2. The molecule has 0 bridgehead atoms. The molecule has 222 valence electrons. The summed E-state index contributed by atoms with van der Waals surface area (Å²) in [6.07, 6.45) is 5.46. The van der Waals surface area contributed by atoms with Gasteiger partial charge in [0.1, 0.15) is 12.2 Å². The van der Waals surface area contributed by atoms with Crippen LogP contribution in [0.1, 0.15) is 16.7 Å². The van der Waals surface area contributed by atoms with Gasteiger partial charge in [0.15, 0.2) is 0 Å². The van der Waals surface area contributed by atoms with Gasteiger partial charge in [-0.3, -0.25) is 9.59 Å². The summed E-state index contributed by atoms with van der Waals surface area (Å²) in [6, 6.07) is 29.9. The summed E-state index contributed by atoms with van der Waals surface area (Å²) >= 11 is 0. The van der Waals surface area contributed by atoms with E-state index < -0.39 is 18.2 Å². The summed E-state index contributed by atoms with van der Waals surface area (Å²) in [4.78, 5) is 44.8. The molecule has 4 aromatic carbocycles. The van der Waals surface area contributed by atoms with Crippen molar-refractivity contribution in [3.05, 3.63) is 114 Å². The lowest BCUT2D eigenvalue weighted by molar-refractivity contribution is -0.157. The Morgan fingerprint density at radius 2 is 1.66 bits per heavy atom. The third-order valence-electron chi connectivity index (χ3n) is 8.29. The summed E-state index contributed by atoms with van der Waals surface area (Å²) in [5.41, 5.74) is 9.36. The predicted molar refractivity (Wildman–Crippen MR) is 169 cm³/mol. The molecule has 2 atom stereocenters. The first-order valence-corrected chi connectivity index (χ1v) is 14.6. The van der Waals surface area contributed by atoms with Crippen molar-refractivity contribution in [2.24, 2.45) is 0 Å². The van der Waals surface area contributed by atoms with Gasteiger partial charge in [0, 0.05) is 25.2 Å². The Morgan fingerprint density at radius 3 is 2.43 bits per heavy atom. The van der Waals surface area contributed by atoms with Crippen molar-refractivity contribution in [3.63, 3.8) is 0 Å². The average Bonchev–Trinajstić information content (AvgIpc) is 3.37. The number of benzene rings is 4. The molecule has 3 N–H and O–H groups in total. The zero-order valence-electron chi connectivity index (χ0n) is 24.3. The Bertz CT molecular complexity index is 1710. The third-order valence-corrected chi connectivity index (χ3v) is 8.29. The van der Waals surface area contributed by atoms with Crippen molar-refractivity contribution in [2.45, 2.75) is 31.7 Å². The number of anilines is 1. The fraction of sp³-hybridized carbons (Fsp3) is 0.229. The van der Waals surface area contributed by atoms with Crippen molar-refractivity contribution in [1.29, 1.82) is 0 Å². The van der Waals surface area contributed by atoms with Crippen molar-refractivity contribution >= 4 is 34.3 Å². The number of hydrogen-bond donors (Lipinski definition) is 2. The minimum absolute atomic E-state index is 0.0296. The fourth-order valence-corrected chi connectivity index (χ4v) is 6.13. The number of terminal acetylenes is 1. The van der Waals surface area contributed by atoms with Gasteiger partial charge < -0.3 is 20.9 Å². The summed E-state index contributed by atoms with van der Waals surface area (Å²) in [5.74, 6) is 2.20. The average molecular weight is 587 g/mol. The number of hydrogen-bond acceptors (Lipinski definition) is 5. The van der Waals surface area contributed by atoms with E-state index in [2.05, 4.69) is 11.2 Å². The van der Waals surface area contributed by atoms with Crippen molar-refractivity contribution < 1.29 is 14.4 Å². The highest BCUT2D eigenvalue weighted by molar-refractivity contribution is 5.92. The number of rotatable bonds is 8. The SMILES string of the molecule is C#CCN(C(=O)NCc1ccccc1)N1CC(=O)N2[C@@H](Cc3ccc(N)cc3)C(=O)N(Cc3cccc4ccccc34)C[C@@H]21. The molecule has 0 unspecified atom stereocenters. The topological polar surface area (TPSA) is 102 Å². The van der Waals surface area contributed by atoms with E-state index in [0.29, 0.717) is 25.2 Å². The predicted octanol–water partition coefficient (Wildman–Crippen LogP) is 3.61. The number of carbonyl (C=O) groups is 3. The Balaban J connectivity index is 1.32. The molecule has 2 saturated heterocycles. The van der Waals surface area contributed by atoms with Gasteiger partial charge >= 0.3 is 6.03 Å². The number of carbonyl (C=O) groups excluding carboxylic acids is 3. The monoisotopic (exact) mass is 586 g/mol. The summed E-state index contributed by atoms with van der Waals surface area (Å²) in [6.45, 7) is 0.790. The molecule has 2 aliphatic rings.